The summed E-state index contributed by atoms with van der Waals surface area (Å²) in [4.78, 5) is 15.4. The molecule has 10 rings (SSSR count). The van der Waals surface area contributed by atoms with E-state index in [1.54, 1.807) is 0 Å². The molecule has 0 fully saturated rings. The maximum absolute atomic E-state index is 5.20. The summed E-state index contributed by atoms with van der Waals surface area (Å²) in [6.07, 6.45) is 0. The molecule has 0 unspecified atom stereocenters. The van der Waals surface area contributed by atoms with E-state index >= 15 is 0 Å². The average molecular weight is 715 g/mol. The first-order valence-corrected chi connectivity index (χ1v) is 18.8. The minimum Gasteiger partial charge on any atom is -0.0617 e. The van der Waals surface area contributed by atoms with Gasteiger partial charge in [-0.3, -0.25) is 0 Å². The Morgan fingerprint density at radius 3 is 1.59 bits per heavy atom. The van der Waals surface area contributed by atoms with Gasteiger partial charge in [-0.25, -0.2) is 0 Å². The van der Waals surface area contributed by atoms with Crippen LogP contribution in [0.2, 0.25) is 0 Å². The maximum atomic E-state index is 5.20. The molecule has 0 amide bonds. The van der Waals surface area contributed by atoms with Gasteiger partial charge in [-0.1, -0.05) is 30.3 Å². The topological polar surface area (TPSA) is 38.7 Å². The van der Waals surface area contributed by atoms with Crippen molar-refractivity contribution >= 4 is 55.3 Å². The smallest absolute Gasteiger partial charge is 0.0544 e. The van der Waals surface area contributed by atoms with Crippen molar-refractivity contribution < 1.29 is 0 Å². The van der Waals surface area contributed by atoms with Crippen LogP contribution in [0.1, 0.15) is 0 Å². The number of rotatable bonds is 5. The minimum atomic E-state index is 0.144. The molecule has 0 N–H and O–H groups in total. The SMILES string of the molecule is c1ccc(-c2cccc(-c3nc(-c4ccccc4)nc(-c4cccc5c4ccc4ccc6c7cccc(-c8ccccc8)c7[se]c6c45)n3)c2)cc1. The van der Waals surface area contributed by atoms with Crippen LogP contribution in [-0.2, 0) is 0 Å². The zero-order valence-corrected chi connectivity index (χ0v) is 29.2. The van der Waals surface area contributed by atoms with E-state index in [0.717, 1.165) is 33.2 Å². The van der Waals surface area contributed by atoms with E-state index in [9.17, 15) is 0 Å². The average Bonchev–Trinajstić information content (AvgIpc) is 3.60. The van der Waals surface area contributed by atoms with Gasteiger partial charge in [-0.05, 0) is 0 Å². The molecule has 238 valence electrons. The van der Waals surface area contributed by atoms with E-state index in [1.807, 2.05) is 24.3 Å². The van der Waals surface area contributed by atoms with Gasteiger partial charge in [-0.2, -0.15) is 0 Å². The third-order valence-electron chi connectivity index (χ3n) is 9.73. The van der Waals surface area contributed by atoms with E-state index in [4.69, 9.17) is 15.0 Å². The van der Waals surface area contributed by atoms with Crippen LogP contribution >= 0.6 is 0 Å². The number of hydrogen-bond acceptors (Lipinski definition) is 3. The van der Waals surface area contributed by atoms with Gasteiger partial charge in [0.25, 0.3) is 0 Å². The van der Waals surface area contributed by atoms with Gasteiger partial charge in [0, 0.05) is 0 Å². The molecule has 0 aliphatic heterocycles. The van der Waals surface area contributed by atoms with Crippen LogP contribution < -0.4 is 0 Å². The third kappa shape index (κ3) is 5.16. The molecule has 0 saturated carbocycles. The van der Waals surface area contributed by atoms with Crippen LogP contribution in [0.5, 0.6) is 0 Å². The first-order chi connectivity index (χ1) is 25.3. The fourth-order valence-corrected chi connectivity index (χ4v) is 10.2. The second-order valence-electron chi connectivity index (χ2n) is 12.8. The van der Waals surface area contributed by atoms with E-state index < -0.39 is 0 Å². The molecule has 2 heterocycles. The van der Waals surface area contributed by atoms with E-state index in [0.29, 0.717) is 17.5 Å². The van der Waals surface area contributed by atoms with Crippen LogP contribution in [0, 0.1) is 0 Å². The number of nitrogens with zero attached hydrogens (tertiary/aromatic N) is 3. The Labute approximate surface area is 301 Å². The van der Waals surface area contributed by atoms with Crippen LogP contribution in [0.25, 0.3) is 97.3 Å². The Morgan fingerprint density at radius 1 is 0.314 bits per heavy atom. The normalized spacial score (nSPS) is 11.5. The van der Waals surface area contributed by atoms with Crippen molar-refractivity contribution in [3.8, 4) is 56.4 Å². The van der Waals surface area contributed by atoms with E-state index in [1.165, 1.54) is 46.6 Å². The summed E-state index contributed by atoms with van der Waals surface area (Å²) in [6, 6.07) is 62.4. The molecule has 10 aromatic rings. The predicted octanol–water partition coefficient (Wildman–Crippen LogP) is 11.9. The van der Waals surface area contributed by atoms with Crippen molar-refractivity contribution in [1.29, 1.82) is 0 Å². The first kappa shape index (κ1) is 29.7. The summed E-state index contributed by atoms with van der Waals surface area (Å²) in [5.41, 5.74) is 7.80. The zero-order valence-electron chi connectivity index (χ0n) is 27.5. The second-order valence-corrected chi connectivity index (χ2v) is 14.9. The van der Waals surface area contributed by atoms with Crippen molar-refractivity contribution in [2.45, 2.75) is 0 Å². The molecule has 0 bridgehead atoms. The molecule has 51 heavy (non-hydrogen) atoms. The standard InChI is InChI=1S/C47H29N3Se/c1-4-13-30(14-5-1)34-19-10-20-35(29-34)46-48-45(33-17-8-3-9-18-33)49-47(50-46)41-24-12-22-38-37(41)27-25-32-26-28-40-39-23-11-21-36(31-15-6-2-7-16-31)43(39)51-44(40)42(32)38/h1-29H. The molecule has 0 aliphatic carbocycles. The number of aromatic nitrogens is 3. The Bertz CT molecular complexity index is 2900. The van der Waals surface area contributed by atoms with Crippen LogP contribution in [0.4, 0.5) is 0 Å². The second kappa shape index (κ2) is 12.3. The summed E-state index contributed by atoms with van der Waals surface area (Å²) >= 11 is 0.144. The molecule has 3 nitrogen and oxygen atoms in total. The molecule has 2 aromatic heterocycles. The van der Waals surface area contributed by atoms with Gasteiger partial charge < -0.3 is 0 Å². The predicted molar refractivity (Wildman–Crippen MR) is 214 cm³/mol. The molecule has 0 atom stereocenters. The van der Waals surface area contributed by atoms with Crippen LogP contribution in [0.3, 0.4) is 0 Å². The van der Waals surface area contributed by atoms with Gasteiger partial charge >= 0.3 is 272 Å². The summed E-state index contributed by atoms with van der Waals surface area (Å²) in [6.45, 7) is 0. The van der Waals surface area contributed by atoms with Gasteiger partial charge in [0.05, 0.1) is 0 Å². The molecular weight excluding hydrogens is 685 g/mol. The molecule has 8 aromatic carbocycles. The molecule has 0 saturated heterocycles. The zero-order chi connectivity index (χ0) is 33.7. The van der Waals surface area contributed by atoms with E-state index in [-0.39, 0.29) is 14.5 Å². The van der Waals surface area contributed by atoms with Crippen molar-refractivity contribution in [2.24, 2.45) is 0 Å². The molecule has 0 spiro atoms. The van der Waals surface area contributed by atoms with Crippen molar-refractivity contribution in [3.63, 3.8) is 0 Å². The van der Waals surface area contributed by atoms with Crippen LogP contribution in [-0.4, -0.2) is 29.5 Å². The maximum Gasteiger partial charge on any atom is -0.0544 e. The Kier molecular flexibility index (Phi) is 7.16. The summed E-state index contributed by atoms with van der Waals surface area (Å²) < 4.78 is 2.90. The van der Waals surface area contributed by atoms with Gasteiger partial charge in [0.15, 0.2) is 0 Å². The van der Waals surface area contributed by atoms with Gasteiger partial charge in [-0.15, -0.1) is 0 Å². The summed E-state index contributed by atoms with van der Waals surface area (Å²) in [7, 11) is 0. The molecule has 0 radical (unpaired) electrons. The Balaban J connectivity index is 1.20. The number of benzene rings is 8. The monoisotopic (exact) mass is 715 g/mol. The fraction of sp³-hybridized carbons (Fsp3) is 0. The molecule has 4 heteroatoms. The summed E-state index contributed by atoms with van der Waals surface area (Å²) in [5.74, 6) is 1.98. The number of fused-ring (bicyclic) bond motifs is 7. The quantitative estimate of drug-likeness (QED) is 0.132. The fourth-order valence-electron chi connectivity index (χ4n) is 7.28. The van der Waals surface area contributed by atoms with Crippen molar-refractivity contribution in [3.05, 3.63) is 176 Å². The van der Waals surface area contributed by atoms with Crippen molar-refractivity contribution in [1.82, 2.24) is 15.0 Å². The van der Waals surface area contributed by atoms with Crippen molar-refractivity contribution in [2.75, 3.05) is 0 Å². The minimum absolute atomic E-state index is 0.144. The van der Waals surface area contributed by atoms with Gasteiger partial charge in [0.2, 0.25) is 0 Å². The number of hydrogen-bond donors (Lipinski definition) is 0. The first-order valence-electron chi connectivity index (χ1n) is 17.1. The summed E-state index contributed by atoms with van der Waals surface area (Å²) in [5, 5.41) is 7.66. The van der Waals surface area contributed by atoms with E-state index in [2.05, 4.69) is 152 Å². The Morgan fingerprint density at radius 2 is 0.843 bits per heavy atom. The molecule has 0 aliphatic rings. The van der Waals surface area contributed by atoms with Gasteiger partial charge in [0.1, 0.15) is 0 Å². The third-order valence-corrected chi connectivity index (χ3v) is 12.4. The Hall–Kier alpha value is -6.19. The largest absolute Gasteiger partial charge is 0.0617 e. The molecular formula is C47H29N3Se. The van der Waals surface area contributed by atoms with Crippen LogP contribution in [0.15, 0.2) is 176 Å².